The maximum atomic E-state index is 12.5. The lowest BCUT2D eigenvalue weighted by molar-refractivity contribution is -0.384. The molecule has 154 valence electrons. The first kappa shape index (κ1) is 19.9. The number of nitro groups is 1. The number of rotatable bonds is 5. The molecular weight excluding hydrogens is 410 g/mol. The summed E-state index contributed by atoms with van der Waals surface area (Å²) in [5.74, 6) is 0.0105. The van der Waals surface area contributed by atoms with E-state index in [2.05, 4.69) is 10.2 Å². The van der Waals surface area contributed by atoms with E-state index in [-0.39, 0.29) is 11.4 Å². The number of furan rings is 1. The highest BCUT2D eigenvalue weighted by atomic mass is 35.5. The van der Waals surface area contributed by atoms with Crippen LogP contribution >= 0.6 is 11.6 Å². The van der Waals surface area contributed by atoms with Gasteiger partial charge in [0.2, 0.25) is 0 Å². The Kier molecular flexibility index (Phi) is 5.69. The van der Waals surface area contributed by atoms with Gasteiger partial charge < -0.3 is 19.4 Å². The van der Waals surface area contributed by atoms with Crippen molar-refractivity contribution in [2.45, 2.75) is 0 Å². The Balaban J connectivity index is 1.47. The van der Waals surface area contributed by atoms with Crippen LogP contribution in [0.15, 0.2) is 59.0 Å². The fourth-order valence-corrected chi connectivity index (χ4v) is 3.53. The van der Waals surface area contributed by atoms with Crippen molar-refractivity contribution in [3.05, 3.63) is 75.5 Å². The number of anilines is 2. The molecule has 8 nitrogen and oxygen atoms in total. The van der Waals surface area contributed by atoms with Gasteiger partial charge in [0.15, 0.2) is 5.76 Å². The fourth-order valence-electron chi connectivity index (χ4n) is 3.23. The van der Waals surface area contributed by atoms with Gasteiger partial charge in [0.1, 0.15) is 5.76 Å². The predicted molar refractivity (Wildman–Crippen MR) is 113 cm³/mol. The van der Waals surface area contributed by atoms with Crippen molar-refractivity contribution in [2.24, 2.45) is 0 Å². The summed E-state index contributed by atoms with van der Waals surface area (Å²) in [5.41, 5.74) is 1.89. The van der Waals surface area contributed by atoms with Gasteiger partial charge in [0.05, 0.1) is 28.8 Å². The largest absolute Gasteiger partial charge is 0.451 e. The summed E-state index contributed by atoms with van der Waals surface area (Å²) in [6.45, 7) is 2.83. The van der Waals surface area contributed by atoms with Crippen LogP contribution in [0.1, 0.15) is 10.6 Å². The standard InChI is InChI=1S/C21H18ClN3O5/c22-17-13-15(4-5-18(17)24-8-10-29-11-9-24)23-21(26)20-7-6-19(30-20)14-2-1-3-16(12-14)25(27)28/h1-7,12-13H,8-11H2,(H,23,26). The molecule has 1 N–H and O–H groups in total. The minimum atomic E-state index is -0.482. The second-order valence-electron chi connectivity index (χ2n) is 6.69. The van der Waals surface area contributed by atoms with Crippen molar-refractivity contribution in [1.82, 2.24) is 0 Å². The number of hydrogen-bond donors (Lipinski definition) is 1. The van der Waals surface area contributed by atoms with Gasteiger partial charge in [0, 0.05) is 36.5 Å². The third-order valence-corrected chi connectivity index (χ3v) is 5.03. The Bertz CT molecular complexity index is 1090. The average molecular weight is 428 g/mol. The highest BCUT2D eigenvalue weighted by Gasteiger charge is 2.17. The molecule has 2 heterocycles. The van der Waals surface area contributed by atoms with Gasteiger partial charge in [-0.3, -0.25) is 14.9 Å². The molecule has 3 aromatic rings. The second-order valence-corrected chi connectivity index (χ2v) is 7.10. The van der Waals surface area contributed by atoms with Gasteiger partial charge in [-0.2, -0.15) is 0 Å². The molecule has 0 bridgehead atoms. The van der Waals surface area contributed by atoms with E-state index in [9.17, 15) is 14.9 Å². The average Bonchev–Trinajstić information content (AvgIpc) is 3.25. The number of amides is 1. The Labute approximate surface area is 177 Å². The SMILES string of the molecule is O=C(Nc1ccc(N2CCOCC2)c(Cl)c1)c1ccc(-c2cccc([N+](=O)[O-])c2)o1. The highest BCUT2D eigenvalue weighted by molar-refractivity contribution is 6.33. The van der Waals surface area contributed by atoms with Crippen LogP contribution in [0, 0.1) is 10.1 Å². The predicted octanol–water partition coefficient (Wildman–Crippen LogP) is 4.60. The molecule has 0 atom stereocenters. The third kappa shape index (κ3) is 4.29. The molecule has 1 aromatic heterocycles. The number of nitrogens with one attached hydrogen (secondary N) is 1. The fraction of sp³-hybridized carbons (Fsp3) is 0.190. The topological polar surface area (TPSA) is 97.9 Å². The number of halogens is 1. The van der Waals surface area contributed by atoms with Crippen LogP contribution in [0.25, 0.3) is 11.3 Å². The zero-order chi connectivity index (χ0) is 21.1. The van der Waals surface area contributed by atoms with Gasteiger partial charge in [-0.15, -0.1) is 0 Å². The minimum absolute atomic E-state index is 0.0510. The van der Waals surface area contributed by atoms with Gasteiger partial charge in [0.25, 0.3) is 11.6 Å². The zero-order valence-corrected chi connectivity index (χ0v) is 16.6. The smallest absolute Gasteiger partial charge is 0.291 e. The lowest BCUT2D eigenvalue weighted by Gasteiger charge is -2.29. The molecule has 2 aromatic carbocycles. The summed E-state index contributed by atoms with van der Waals surface area (Å²) in [7, 11) is 0. The molecule has 1 saturated heterocycles. The van der Waals surface area contributed by atoms with Crippen LogP contribution in [-0.4, -0.2) is 37.1 Å². The Morgan fingerprint density at radius 1 is 1.10 bits per heavy atom. The number of carbonyl (C=O) groups excluding carboxylic acids is 1. The summed E-state index contributed by atoms with van der Waals surface area (Å²) in [6, 6.07) is 14.5. The third-order valence-electron chi connectivity index (χ3n) is 4.73. The van der Waals surface area contributed by atoms with E-state index < -0.39 is 10.8 Å². The lowest BCUT2D eigenvalue weighted by Crippen LogP contribution is -2.36. The molecule has 0 aliphatic carbocycles. The first-order chi connectivity index (χ1) is 14.5. The van der Waals surface area contributed by atoms with E-state index in [1.807, 2.05) is 6.07 Å². The first-order valence-corrected chi connectivity index (χ1v) is 9.67. The highest BCUT2D eigenvalue weighted by Crippen LogP contribution is 2.30. The molecule has 0 unspecified atom stereocenters. The van der Waals surface area contributed by atoms with Gasteiger partial charge in [-0.25, -0.2) is 0 Å². The molecule has 1 amide bonds. The van der Waals surface area contributed by atoms with Crippen molar-refractivity contribution in [2.75, 3.05) is 36.5 Å². The molecule has 30 heavy (non-hydrogen) atoms. The monoisotopic (exact) mass is 427 g/mol. The van der Waals surface area contributed by atoms with E-state index >= 15 is 0 Å². The van der Waals surface area contributed by atoms with Crippen molar-refractivity contribution in [3.8, 4) is 11.3 Å². The maximum absolute atomic E-state index is 12.5. The summed E-state index contributed by atoms with van der Waals surface area (Å²) < 4.78 is 11.0. The lowest BCUT2D eigenvalue weighted by atomic mass is 10.1. The molecule has 0 radical (unpaired) electrons. The number of ether oxygens (including phenoxy) is 1. The van der Waals surface area contributed by atoms with Crippen molar-refractivity contribution < 1.29 is 18.9 Å². The number of nitro benzene ring substituents is 1. The first-order valence-electron chi connectivity index (χ1n) is 9.29. The van der Waals surface area contributed by atoms with E-state index in [1.54, 1.807) is 30.3 Å². The number of hydrogen-bond acceptors (Lipinski definition) is 6. The number of nitrogens with zero attached hydrogens (tertiary/aromatic N) is 2. The van der Waals surface area contributed by atoms with Gasteiger partial charge >= 0.3 is 0 Å². The molecule has 1 fully saturated rings. The number of non-ortho nitro benzene ring substituents is 1. The van der Waals surface area contributed by atoms with Crippen molar-refractivity contribution in [1.29, 1.82) is 0 Å². The maximum Gasteiger partial charge on any atom is 0.291 e. The molecule has 4 rings (SSSR count). The molecule has 0 spiro atoms. The molecular formula is C21H18ClN3O5. The van der Waals surface area contributed by atoms with Crippen LogP contribution in [0.5, 0.6) is 0 Å². The molecule has 1 aliphatic heterocycles. The molecule has 9 heteroatoms. The normalized spacial score (nSPS) is 13.8. The Morgan fingerprint density at radius 2 is 1.90 bits per heavy atom. The van der Waals surface area contributed by atoms with E-state index in [1.165, 1.54) is 18.2 Å². The number of carbonyl (C=O) groups is 1. The van der Waals surface area contributed by atoms with Gasteiger partial charge in [-0.1, -0.05) is 23.7 Å². The molecule has 1 aliphatic rings. The van der Waals surface area contributed by atoms with Crippen LogP contribution in [0.3, 0.4) is 0 Å². The van der Waals surface area contributed by atoms with Gasteiger partial charge in [-0.05, 0) is 30.3 Å². The minimum Gasteiger partial charge on any atom is -0.451 e. The molecule has 0 saturated carbocycles. The van der Waals surface area contributed by atoms with Crippen molar-refractivity contribution in [3.63, 3.8) is 0 Å². The van der Waals surface area contributed by atoms with Crippen LogP contribution < -0.4 is 10.2 Å². The summed E-state index contributed by atoms with van der Waals surface area (Å²) in [5, 5.41) is 14.2. The van der Waals surface area contributed by atoms with E-state index in [0.717, 1.165) is 18.8 Å². The van der Waals surface area contributed by atoms with Crippen LogP contribution in [-0.2, 0) is 4.74 Å². The Hall–Kier alpha value is -3.36. The summed E-state index contributed by atoms with van der Waals surface area (Å²) in [6.07, 6.45) is 0. The zero-order valence-electron chi connectivity index (χ0n) is 15.8. The van der Waals surface area contributed by atoms with E-state index in [0.29, 0.717) is 35.2 Å². The van der Waals surface area contributed by atoms with E-state index in [4.69, 9.17) is 20.8 Å². The summed E-state index contributed by atoms with van der Waals surface area (Å²) >= 11 is 6.40. The second kappa shape index (κ2) is 8.56. The van der Waals surface area contributed by atoms with Crippen LogP contribution in [0.4, 0.5) is 17.1 Å². The van der Waals surface area contributed by atoms with Crippen molar-refractivity contribution >= 4 is 34.6 Å². The Morgan fingerprint density at radius 3 is 2.63 bits per heavy atom. The van der Waals surface area contributed by atoms with Crippen LogP contribution in [0.2, 0.25) is 5.02 Å². The number of morpholine rings is 1. The quantitative estimate of drug-likeness (QED) is 0.472. The number of benzene rings is 2. The summed E-state index contributed by atoms with van der Waals surface area (Å²) in [4.78, 5) is 25.1.